The molecular weight excluding hydrogens is 326 g/mol. The van der Waals surface area contributed by atoms with Crippen LogP contribution < -0.4 is 0 Å². The van der Waals surface area contributed by atoms with Crippen molar-refractivity contribution in [2.45, 2.75) is 0 Å². The van der Waals surface area contributed by atoms with Crippen LogP contribution in [0.3, 0.4) is 0 Å². The number of ether oxygens (including phenoxy) is 1. The molecule has 8 heteroatoms. The Morgan fingerprint density at radius 3 is 1.72 bits per heavy atom. The minimum absolute atomic E-state index is 0.231. The molecule has 0 saturated carbocycles. The minimum atomic E-state index is -0.836. The molecule has 1 aromatic rings. The van der Waals surface area contributed by atoms with Crippen LogP contribution in [0, 0.1) is 0 Å². The van der Waals surface area contributed by atoms with Gasteiger partial charge in [0.2, 0.25) is 0 Å². The summed E-state index contributed by atoms with van der Waals surface area (Å²) in [7, 11) is 1.13. The van der Waals surface area contributed by atoms with Gasteiger partial charge in [-0.3, -0.25) is 4.79 Å². The van der Waals surface area contributed by atoms with Crippen LogP contribution in [0.5, 0.6) is 0 Å². The first kappa shape index (κ1) is 15.5. The third-order valence-electron chi connectivity index (χ3n) is 2.08. The number of methoxy groups -OCH3 is 1. The molecule has 0 unspecified atom stereocenters. The molecule has 18 heavy (non-hydrogen) atoms. The molecule has 0 radical (unpaired) electrons. The summed E-state index contributed by atoms with van der Waals surface area (Å²) in [5.74, 6) is -1.60. The average molecular weight is 332 g/mol. The molecule has 98 valence electrons. The van der Waals surface area contributed by atoms with Crippen LogP contribution >= 0.6 is 46.4 Å². The van der Waals surface area contributed by atoms with Gasteiger partial charge in [0, 0.05) is 0 Å². The third kappa shape index (κ3) is 2.58. The lowest BCUT2D eigenvalue weighted by molar-refractivity contribution is 0.0600. The van der Waals surface area contributed by atoms with Crippen molar-refractivity contribution in [3.05, 3.63) is 31.2 Å². The van der Waals surface area contributed by atoms with Crippen LogP contribution in [0.2, 0.25) is 20.1 Å². The molecule has 0 amide bonds. The van der Waals surface area contributed by atoms with Crippen molar-refractivity contribution in [2.75, 3.05) is 13.7 Å². The number of Topliss-reactive ketones (excluding diaryl/α,β-unsaturated/α-hetero) is 1. The van der Waals surface area contributed by atoms with E-state index in [2.05, 4.69) is 4.74 Å². The number of hydrogen-bond donors (Lipinski definition) is 1. The second kappa shape index (κ2) is 6.08. The Hall–Kier alpha value is -0.520. The van der Waals surface area contributed by atoms with Gasteiger partial charge >= 0.3 is 5.97 Å². The summed E-state index contributed by atoms with van der Waals surface area (Å²) in [4.78, 5) is 22.9. The summed E-state index contributed by atoms with van der Waals surface area (Å²) < 4.78 is 4.48. The number of rotatable bonds is 3. The monoisotopic (exact) mass is 330 g/mol. The van der Waals surface area contributed by atoms with E-state index in [0.717, 1.165) is 7.11 Å². The molecule has 0 atom stereocenters. The number of hydrogen-bond acceptors (Lipinski definition) is 4. The maximum Gasteiger partial charge on any atom is 0.341 e. The number of aliphatic hydroxyl groups excluding tert-OH is 1. The maximum absolute atomic E-state index is 11.5. The van der Waals surface area contributed by atoms with E-state index in [1.54, 1.807) is 0 Å². The number of carbonyl (C=O) groups is 2. The van der Waals surface area contributed by atoms with Gasteiger partial charge in [-0.15, -0.1) is 0 Å². The molecular formula is C10H6Cl4O4. The van der Waals surface area contributed by atoms with E-state index < -0.39 is 18.4 Å². The highest BCUT2D eigenvalue weighted by Crippen LogP contribution is 2.41. The van der Waals surface area contributed by atoms with Crippen molar-refractivity contribution in [3.8, 4) is 0 Å². The molecule has 1 N–H and O–H groups in total. The second-order valence-corrected chi connectivity index (χ2v) is 4.59. The molecule has 1 rings (SSSR count). The predicted molar refractivity (Wildman–Crippen MR) is 69.2 cm³/mol. The molecule has 0 saturated heterocycles. The molecule has 0 aliphatic heterocycles. The summed E-state index contributed by atoms with van der Waals surface area (Å²) in [5, 5.41) is 7.77. The Balaban J connectivity index is 3.66. The highest BCUT2D eigenvalue weighted by Gasteiger charge is 2.27. The van der Waals surface area contributed by atoms with Crippen LogP contribution in [0.4, 0.5) is 0 Å². The molecule has 4 nitrogen and oxygen atoms in total. The van der Waals surface area contributed by atoms with E-state index in [9.17, 15) is 9.59 Å². The van der Waals surface area contributed by atoms with E-state index in [1.165, 1.54) is 0 Å². The van der Waals surface area contributed by atoms with E-state index in [-0.39, 0.29) is 31.2 Å². The zero-order chi connectivity index (χ0) is 14.0. The highest BCUT2D eigenvalue weighted by molar-refractivity contribution is 6.52. The van der Waals surface area contributed by atoms with Crippen molar-refractivity contribution in [2.24, 2.45) is 0 Å². The predicted octanol–water partition coefficient (Wildman–Crippen LogP) is 3.26. The largest absolute Gasteiger partial charge is 0.465 e. The fourth-order valence-corrected chi connectivity index (χ4v) is 2.45. The molecule has 0 aromatic heterocycles. The van der Waals surface area contributed by atoms with Crippen LogP contribution in [-0.2, 0) is 4.74 Å². The quantitative estimate of drug-likeness (QED) is 0.524. The van der Waals surface area contributed by atoms with E-state index >= 15 is 0 Å². The van der Waals surface area contributed by atoms with Crippen LogP contribution in [0.15, 0.2) is 0 Å². The van der Waals surface area contributed by atoms with Crippen molar-refractivity contribution in [1.82, 2.24) is 0 Å². The lowest BCUT2D eigenvalue weighted by Crippen LogP contribution is -2.11. The SMILES string of the molecule is COC(=O)c1c(Cl)c(Cl)c(C(=O)CO)c(Cl)c1Cl. The number of benzene rings is 1. The number of aliphatic hydroxyl groups is 1. The fourth-order valence-electron chi connectivity index (χ4n) is 1.24. The van der Waals surface area contributed by atoms with Crippen LogP contribution in [-0.4, -0.2) is 30.6 Å². The number of halogens is 4. The zero-order valence-corrected chi connectivity index (χ0v) is 11.9. The molecule has 0 spiro atoms. The standard InChI is InChI=1S/C10H6Cl4O4/c1-18-10(17)5-8(13)6(11)4(3(16)2-15)7(12)9(5)14/h15H,2H2,1H3. The Bertz CT molecular complexity index is 451. The molecule has 1 aromatic carbocycles. The first-order valence-corrected chi connectivity index (χ1v) is 5.96. The van der Waals surface area contributed by atoms with Gasteiger partial charge in [-0.05, 0) is 0 Å². The molecule has 0 fully saturated rings. The van der Waals surface area contributed by atoms with Gasteiger partial charge in [-0.1, -0.05) is 46.4 Å². The third-order valence-corrected chi connectivity index (χ3v) is 3.78. The molecule has 0 aliphatic carbocycles. The zero-order valence-electron chi connectivity index (χ0n) is 8.89. The molecule has 0 heterocycles. The Kier molecular flexibility index (Phi) is 5.25. The first-order chi connectivity index (χ1) is 8.36. The summed E-state index contributed by atoms with van der Waals surface area (Å²) in [6, 6.07) is 0. The minimum Gasteiger partial charge on any atom is -0.465 e. The maximum atomic E-state index is 11.5. The lowest BCUT2D eigenvalue weighted by atomic mass is 10.1. The van der Waals surface area contributed by atoms with E-state index in [4.69, 9.17) is 51.5 Å². The van der Waals surface area contributed by atoms with Crippen molar-refractivity contribution in [3.63, 3.8) is 0 Å². The highest BCUT2D eigenvalue weighted by atomic mass is 35.5. The Morgan fingerprint density at radius 2 is 1.39 bits per heavy atom. The number of esters is 1. The average Bonchev–Trinajstić information content (AvgIpc) is 2.36. The normalized spacial score (nSPS) is 10.3. The summed E-state index contributed by atoms with van der Waals surface area (Å²) >= 11 is 23.4. The fraction of sp³-hybridized carbons (Fsp3) is 0.200. The topological polar surface area (TPSA) is 63.6 Å². The van der Waals surface area contributed by atoms with Crippen molar-refractivity contribution < 1.29 is 19.4 Å². The number of ketones is 1. The van der Waals surface area contributed by atoms with Gasteiger partial charge in [-0.2, -0.15) is 0 Å². The molecule has 0 bridgehead atoms. The van der Waals surface area contributed by atoms with Gasteiger partial charge in [0.25, 0.3) is 0 Å². The summed E-state index contributed by atoms with van der Waals surface area (Å²) in [5.41, 5.74) is -0.464. The van der Waals surface area contributed by atoms with Gasteiger partial charge in [0.05, 0.1) is 38.3 Å². The Morgan fingerprint density at radius 1 is 1.00 bits per heavy atom. The first-order valence-electron chi connectivity index (χ1n) is 4.45. The smallest absolute Gasteiger partial charge is 0.341 e. The summed E-state index contributed by atoms with van der Waals surface area (Å²) in [6.07, 6.45) is 0. The van der Waals surface area contributed by atoms with Crippen LogP contribution in [0.1, 0.15) is 20.7 Å². The second-order valence-electron chi connectivity index (χ2n) is 3.08. The van der Waals surface area contributed by atoms with Gasteiger partial charge in [-0.25, -0.2) is 4.79 Å². The van der Waals surface area contributed by atoms with Gasteiger partial charge < -0.3 is 9.84 Å². The van der Waals surface area contributed by atoms with Gasteiger partial charge in [0.15, 0.2) is 5.78 Å². The van der Waals surface area contributed by atoms with Gasteiger partial charge in [0.1, 0.15) is 6.61 Å². The van der Waals surface area contributed by atoms with Crippen molar-refractivity contribution >= 4 is 58.2 Å². The summed E-state index contributed by atoms with van der Waals surface area (Å²) in [6.45, 7) is -0.816. The van der Waals surface area contributed by atoms with E-state index in [1.807, 2.05) is 0 Å². The lowest BCUT2D eigenvalue weighted by Gasteiger charge is -2.12. The van der Waals surface area contributed by atoms with Crippen molar-refractivity contribution in [1.29, 1.82) is 0 Å². The Labute approximate surface area is 122 Å². The molecule has 0 aliphatic rings. The van der Waals surface area contributed by atoms with E-state index in [0.29, 0.717) is 0 Å². The number of carbonyl (C=O) groups excluding carboxylic acids is 2. The van der Waals surface area contributed by atoms with Crippen LogP contribution in [0.25, 0.3) is 0 Å².